The maximum atomic E-state index is 9.68. The summed E-state index contributed by atoms with van der Waals surface area (Å²) < 4.78 is 2.94. The highest BCUT2D eigenvalue weighted by Gasteiger charge is 2.18. The van der Waals surface area contributed by atoms with Crippen LogP contribution in [0.15, 0.2) is 28.7 Å². The zero-order valence-electron chi connectivity index (χ0n) is 11.6. The van der Waals surface area contributed by atoms with E-state index in [9.17, 15) is 5.11 Å². The van der Waals surface area contributed by atoms with Gasteiger partial charge in [-0.2, -0.15) is 5.10 Å². The van der Waals surface area contributed by atoms with Crippen molar-refractivity contribution in [3.8, 4) is 0 Å². The fraction of sp³-hybridized carbons (Fsp3) is 0.400. The highest BCUT2D eigenvalue weighted by atomic mass is 79.9. The van der Waals surface area contributed by atoms with Gasteiger partial charge in [0.1, 0.15) is 0 Å². The lowest BCUT2D eigenvalue weighted by Crippen LogP contribution is -2.11. The van der Waals surface area contributed by atoms with E-state index >= 15 is 0 Å². The largest absolute Gasteiger partial charge is 0.396 e. The maximum absolute atomic E-state index is 9.68. The zero-order chi connectivity index (χ0) is 14.7. The van der Waals surface area contributed by atoms with Crippen molar-refractivity contribution in [3.63, 3.8) is 0 Å². The van der Waals surface area contributed by atoms with Crippen molar-refractivity contribution in [1.29, 1.82) is 0 Å². The third kappa shape index (κ3) is 3.25. The summed E-state index contributed by atoms with van der Waals surface area (Å²) >= 11 is 9.53. The van der Waals surface area contributed by atoms with Gasteiger partial charge < -0.3 is 5.11 Å². The Labute approximate surface area is 132 Å². The van der Waals surface area contributed by atoms with Gasteiger partial charge in [-0.1, -0.05) is 30.7 Å². The van der Waals surface area contributed by atoms with Crippen LogP contribution in [-0.4, -0.2) is 21.5 Å². The molecule has 1 atom stereocenters. The molecule has 1 unspecified atom stereocenters. The molecule has 1 heterocycles. The monoisotopic (exact) mass is 356 g/mol. The third-order valence-electron chi connectivity index (χ3n) is 3.50. The average Bonchev–Trinajstić information content (AvgIpc) is 2.72. The molecular weight excluding hydrogens is 340 g/mol. The molecule has 20 heavy (non-hydrogen) atoms. The molecule has 0 bridgehead atoms. The van der Waals surface area contributed by atoms with Crippen LogP contribution < -0.4 is 0 Å². The van der Waals surface area contributed by atoms with Gasteiger partial charge in [-0.15, -0.1) is 0 Å². The zero-order valence-corrected chi connectivity index (χ0v) is 13.9. The number of halogens is 2. The van der Waals surface area contributed by atoms with Gasteiger partial charge in [-0.05, 0) is 46.5 Å². The van der Waals surface area contributed by atoms with Gasteiger partial charge >= 0.3 is 0 Å². The molecule has 108 valence electrons. The van der Waals surface area contributed by atoms with Crippen molar-refractivity contribution in [2.24, 2.45) is 7.05 Å². The standard InChI is InChI=1S/C15H18BrClN2O/c1-3-13-15(16)14(19(2)18-13)8-11(9-20)10-4-6-12(17)7-5-10/h4-7,11,20H,3,8-9H2,1-2H3. The Morgan fingerprint density at radius 1 is 1.35 bits per heavy atom. The normalized spacial score (nSPS) is 12.7. The predicted octanol–water partition coefficient (Wildman–Crippen LogP) is 3.72. The molecule has 0 saturated carbocycles. The Hall–Kier alpha value is -0.840. The number of benzene rings is 1. The van der Waals surface area contributed by atoms with E-state index in [-0.39, 0.29) is 12.5 Å². The van der Waals surface area contributed by atoms with Crippen LogP contribution in [0.1, 0.15) is 29.8 Å². The van der Waals surface area contributed by atoms with Crippen molar-refractivity contribution in [2.75, 3.05) is 6.61 Å². The van der Waals surface area contributed by atoms with Gasteiger partial charge in [0.2, 0.25) is 0 Å². The van der Waals surface area contributed by atoms with Gasteiger partial charge in [-0.3, -0.25) is 4.68 Å². The lowest BCUT2D eigenvalue weighted by molar-refractivity contribution is 0.263. The topological polar surface area (TPSA) is 38.0 Å². The van der Waals surface area contributed by atoms with Gasteiger partial charge in [0.25, 0.3) is 0 Å². The van der Waals surface area contributed by atoms with E-state index in [2.05, 4.69) is 28.0 Å². The van der Waals surface area contributed by atoms with Crippen LogP contribution in [0.5, 0.6) is 0 Å². The molecule has 2 aromatic rings. The highest BCUT2D eigenvalue weighted by molar-refractivity contribution is 9.10. The number of nitrogens with zero attached hydrogens (tertiary/aromatic N) is 2. The first-order chi connectivity index (χ1) is 9.56. The van der Waals surface area contributed by atoms with E-state index in [1.165, 1.54) is 0 Å². The third-order valence-corrected chi connectivity index (χ3v) is 4.67. The Morgan fingerprint density at radius 2 is 2.00 bits per heavy atom. The van der Waals surface area contributed by atoms with Crippen molar-refractivity contribution in [2.45, 2.75) is 25.7 Å². The summed E-state index contributed by atoms with van der Waals surface area (Å²) in [4.78, 5) is 0. The summed E-state index contributed by atoms with van der Waals surface area (Å²) in [6.45, 7) is 2.18. The van der Waals surface area contributed by atoms with Crippen molar-refractivity contribution < 1.29 is 5.11 Å². The lowest BCUT2D eigenvalue weighted by Gasteiger charge is -2.15. The molecule has 2 rings (SSSR count). The second-order valence-electron chi connectivity index (χ2n) is 4.82. The van der Waals surface area contributed by atoms with Crippen molar-refractivity contribution >= 4 is 27.5 Å². The van der Waals surface area contributed by atoms with Gasteiger partial charge in [0, 0.05) is 18.0 Å². The van der Waals surface area contributed by atoms with Crippen LogP contribution in [0.3, 0.4) is 0 Å². The van der Waals surface area contributed by atoms with E-state index in [0.29, 0.717) is 5.02 Å². The minimum absolute atomic E-state index is 0.0451. The number of aryl methyl sites for hydroxylation is 2. The van der Waals surface area contributed by atoms with Gasteiger partial charge in [-0.25, -0.2) is 0 Å². The highest BCUT2D eigenvalue weighted by Crippen LogP contribution is 2.28. The summed E-state index contributed by atoms with van der Waals surface area (Å²) in [5.41, 5.74) is 3.24. The van der Waals surface area contributed by atoms with Crippen molar-refractivity contribution in [3.05, 3.63) is 50.7 Å². The Balaban J connectivity index is 2.26. The van der Waals surface area contributed by atoms with Crippen LogP contribution in [-0.2, 0) is 19.9 Å². The van der Waals surface area contributed by atoms with Crippen LogP contribution in [0.4, 0.5) is 0 Å². The molecule has 0 saturated heterocycles. The van der Waals surface area contributed by atoms with Crippen molar-refractivity contribution in [1.82, 2.24) is 9.78 Å². The molecule has 1 aromatic carbocycles. The molecule has 0 aliphatic carbocycles. The summed E-state index contributed by atoms with van der Waals surface area (Å²) in [6.07, 6.45) is 1.63. The Morgan fingerprint density at radius 3 is 2.50 bits per heavy atom. The fourth-order valence-corrected chi connectivity index (χ4v) is 3.20. The van der Waals surface area contributed by atoms with Crippen LogP contribution in [0, 0.1) is 0 Å². The van der Waals surface area contributed by atoms with E-state index < -0.39 is 0 Å². The number of hydrogen-bond donors (Lipinski definition) is 1. The SMILES string of the molecule is CCc1nn(C)c(CC(CO)c2ccc(Cl)cc2)c1Br. The van der Waals surface area contributed by atoms with E-state index in [0.717, 1.165) is 34.3 Å². The van der Waals surface area contributed by atoms with E-state index in [1.54, 1.807) is 0 Å². The fourth-order valence-electron chi connectivity index (χ4n) is 2.30. The number of rotatable bonds is 5. The summed E-state index contributed by atoms with van der Waals surface area (Å²) in [5, 5.41) is 14.9. The quantitative estimate of drug-likeness (QED) is 0.885. The van der Waals surface area contributed by atoms with Crippen LogP contribution in [0.2, 0.25) is 5.02 Å². The number of aromatic nitrogens is 2. The van der Waals surface area contributed by atoms with E-state index in [1.807, 2.05) is 36.0 Å². The Kier molecular flexibility index (Phi) is 5.24. The van der Waals surface area contributed by atoms with Gasteiger partial charge in [0.05, 0.1) is 22.5 Å². The molecule has 0 aliphatic rings. The molecule has 1 N–H and O–H groups in total. The van der Waals surface area contributed by atoms with Crippen LogP contribution >= 0.6 is 27.5 Å². The maximum Gasteiger partial charge on any atom is 0.0766 e. The first-order valence-electron chi connectivity index (χ1n) is 6.63. The summed E-state index contributed by atoms with van der Waals surface area (Å²) in [7, 11) is 1.94. The molecule has 0 fully saturated rings. The molecular formula is C15H18BrClN2O. The number of aliphatic hydroxyl groups excluding tert-OH is 1. The molecule has 0 spiro atoms. The first-order valence-corrected chi connectivity index (χ1v) is 7.80. The Bertz CT molecular complexity index is 580. The second-order valence-corrected chi connectivity index (χ2v) is 6.05. The second kappa shape index (κ2) is 6.74. The average molecular weight is 358 g/mol. The van der Waals surface area contributed by atoms with Gasteiger partial charge in [0.15, 0.2) is 0 Å². The molecule has 0 amide bonds. The lowest BCUT2D eigenvalue weighted by atomic mass is 9.95. The molecule has 5 heteroatoms. The molecule has 1 aromatic heterocycles. The first kappa shape index (κ1) is 15.5. The summed E-state index contributed by atoms with van der Waals surface area (Å²) in [5.74, 6) is 0.0451. The smallest absolute Gasteiger partial charge is 0.0766 e. The number of hydrogen-bond acceptors (Lipinski definition) is 2. The minimum Gasteiger partial charge on any atom is -0.396 e. The van der Waals surface area contributed by atoms with E-state index in [4.69, 9.17) is 11.6 Å². The van der Waals surface area contributed by atoms with Crippen LogP contribution in [0.25, 0.3) is 0 Å². The summed E-state index contributed by atoms with van der Waals surface area (Å²) in [6, 6.07) is 7.65. The molecule has 3 nitrogen and oxygen atoms in total. The minimum atomic E-state index is 0.0451. The molecule has 0 radical (unpaired) electrons. The molecule has 0 aliphatic heterocycles. The predicted molar refractivity (Wildman–Crippen MR) is 85.3 cm³/mol. The number of aliphatic hydroxyl groups is 1.